The third kappa shape index (κ3) is 2.64. The van der Waals surface area contributed by atoms with E-state index in [0.29, 0.717) is 5.69 Å². The summed E-state index contributed by atoms with van der Waals surface area (Å²) < 4.78 is 13.4. The average Bonchev–Trinajstić information content (AvgIpc) is 3.00. The van der Waals surface area contributed by atoms with Crippen LogP contribution in [0.5, 0.6) is 0 Å². The summed E-state index contributed by atoms with van der Waals surface area (Å²) in [4.78, 5) is 27.2. The smallest absolute Gasteiger partial charge is 0.282 e. The molecule has 6 nitrogen and oxygen atoms in total. The SMILES string of the molecule is CN(C(=O)c1cc(F)ccc1[N+](=O)[O-])c1ccc2cc[nH]c2c1. The predicted octanol–water partition coefficient (Wildman–Crippen LogP) is 3.49. The fourth-order valence-electron chi connectivity index (χ4n) is 2.38. The molecule has 1 aromatic heterocycles. The van der Waals surface area contributed by atoms with Crippen LogP contribution in [0.1, 0.15) is 10.4 Å². The molecule has 0 aliphatic heterocycles. The van der Waals surface area contributed by atoms with Gasteiger partial charge in [0.2, 0.25) is 0 Å². The fraction of sp³-hybridized carbons (Fsp3) is 0.0625. The van der Waals surface area contributed by atoms with Gasteiger partial charge in [0.15, 0.2) is 0 Å². The third-order valence-corrected chi connectivity index (χ3v) is 3.62. The van der Waals surface area contributed by atoms with E-state index in [2.05, 4.69) is 4.98 Å². The lowest BCUT2D eigenvalue weighted by molar-refractivity contribution is -0.385. The molecule has 0 bridgehead atoms. The molecular formula is C16H12FN3O3. The Balaban J connectivity index is 2.02. The van der Waals surface area contributed by atoms with Gasteiger partial charge in [-0.05, 0) is 35.7 Å². The zero-order chi connectivity index (χ0) is 16.6. The molecule has 0 saturated heterocycles. The highest BCUT2D eigenvalue weighted by Gasteiger charge is 2.24. The number of hydrogen-bond donors (Lipinski definition) is 1. The molecule has 1 amide bonds. The van der Waals surface area contributed by atoms with Crippen molar-refractivity contribution in [1.82, 2.24) is 4.98 Å². The largest absolute Gasteiger partial charge is 0.361 e. The van der Waals surface area contributed by atoms with Crippen molar-refractivity contribution in [3.05, 3.63) is 70.2 Å². The quantitative estimate of drug-likeness (QED) is 0.594. The highest BCUT2D eigenvalue weighted by atomic mass is 19.1. The van der Waals surface area contributed by atoms with Crippen molar-refractivity contribution in [2.75, 3.05) is 11.9 Å². The number of H-pyrrole nitrogens is 1. The van der Waals surface area contributed by atoms with Crippen molar-refractivity contribution < 1.29 is 14.1 Å². The van der Waals surface area contributed by atoms with Crippen LogP contribution in [0.3, 0.4) is 0 Å². The lowest BCUT2D eigenvalue weighted by Crippen LogP contribution is -2.27. The van der Waals surface area contributed by atoms with Gasteiger partial charge in [0.25, 0.3) is 11.6 Å². The van der Waals surface area contributed by atoms with Crippen molar-refractivity contribution in [2.24, 2.45) is 0 Å². The zero-order valence-corrected chi connectivity index (χ0v) is 12.1. The maximum absolute atomic E-state index is 13.4. The van der Waals surface area contributed by atoms with Gasteiger partial charge in [-0.25, -0.2) is 4.39 Å². The van der Waals surface area contributed by atoms with Crippen molar-refractivity contribution >= 4 is 28.2 Å². The van der Waals surface area contributed by atoms with Crippen molar-refractivity contribution in [1.29, 1.82) is 0 Å². The number of carbonyl (C=O) groups is 1. The van der Waals surface area contributed by atoms with Crippen molar-refractivity contribution in [2.45, 2.75) is 0 Å². The number of aromatic amines is 1. The summed E-state index contributed by atoms with van der Waals surface area (Å²) in [7, 11) is 1.49. The zero-order valence-electron chi connectivity index (χ0n) is 12.1. The molecule has 1 N–H and O–H groups in total. The third-order valence-electron chi connectivity index (χ3n) is 3.62. The van der Waals surface area contributed by atoms with E-state index in [0.717, 1.165) is 29.1 Å². The number of nitro benzene ring substituents is 1. The van der Waals surface area contributed by atoms with Crippen LogP contribution in [0.4, 0.5) is 15.8 Å². The number of benzene rings is 2. The molecule has 23 heavy (non-hydrogen) atoms. The van der Waals surface area contributed by atoms with Gasteiger partial charge in [-0.15, -0.1) is 0 Å². The Morgan fingerprint density at radius 3 is 2.74 bits per heavy atom. The number of amides is 1. The summed E-state index contributed by atoms with van der Waals surface area (Å²) in [6.07, 6.45) is 1.77. The number of halogens is 1. The van der Waals surface area contributed by atoms with Crippen LogP contribution in [0, 0.1) is 15.9 Å². The fourth-order valence-corrected chi connectivity index (χ4v) is 2.38. The van der Waals surface area contributed by atoms with Gasteiger partial charge < -0.3 is 9.88 Å². The molecule has 7 heteroatoms. The highest BCUT2D eigenvalue weighted by molar-refractivity contribution is 6.09. The molecule has 116 valence electrons. The lowest BCUT2D eigenvalue weighted by atomic mass is 10.1. The number of nitro groups is 1. The molecule has 3 rings (SSSR count). The highest BCUT2D eigenvalue weighted by Crippen LogP contribution is 2.25. The minimum atomic E-state index is -0.702. The van der Waals surface area contributed by atoms with Gasteiger partial charge in [-0.3, -0.25) is 14.9 Å². The average molecular weight is 313 g/mol. The van der Waals surface area contributed by atoms with Crippen LogP contribution < -0.4 is 4.90 Å². The second kappa shape index (κ2) is 5.53. The Labute approximate surface area is 130 Å². The van der Waals surface area contributed by atoms with Crippen LogP contribution in [0.2, 0.25) is 0 Å². The first-order valence-corrected chi connectivity index (χ1v) is 6.76. The first-order valence-electron chi connectivity index (χ1n) is 6.76. The van der Waals surface area contributed by atoms with Crippen LogP contribution in [0.25, 0.3) is 10.9 Å². The Bertz CT molecular complexity index is 920. The molecule has 0 unspecified atom stereocenters. The van der Waals surface area contributed by atoms with E-state index in [4.69, 9.17) is 0 Å². The first kappa shape index (κ1) is 14.7. The summed E-state index contributed by atoms with van der Waals surface area (Å²) in [6.45, 7) is 0. The number of nitrogens with one attached hydrogen (secondary N) is 1. The van der Waals surface area contributed by atoms with E-state index in [1.807, 2.05) is 12.1 Å². The Hall–Kier alpha value is -3.22. The monoisotopic (exact) mass is 313 g/mol. The van der Waals surface area contributed by atoms with Crippen molar-refractivity contribution in [3.63, 3.8) is 0 Å². The molecule has 0 fully saturated rings. The molecule has 1 heterocycles. The van der Waals surface area contributed by atoms with Gasteiger partial charge in [-0.2, -0.15) is 0 Å². The molecule has 0 atom stereocenters. The topological polar surface area (TPSA) is 79.2 Å². The first-order chi connectivity index (χ1) is 11.0. The summed E-state index contributed by atoms with van der Waals surface area (Å²) in [5.74, 6) is -1.35. The van der Waals surface area contributed by atoms with E-state index in [1.54, 1.807) is 18.3 Å². The minimum Gasteiger partial charge on any atom is -0.361 e. The van der Waals surface area contributed by atoms with E-state index < -0.39 is 22.3 Å². The van der Waals surface area contributed by atoms with Crippen LogP contribution in [-0.2, 0) is 0 Å². The lowest BCUT2D eigenvalue weighted by Gasteiger charge is -2.17. The Morgan fingerprint density at radius 1 is 1.22 bits per heavy atom. The molecular weight excluding hydrogens is 301 g/mol. The minimum absolute atomic E-state index is 0.288. The van der Waals surface area contributed by atoms with E-state index in [-0.39, 0.29) is 5.56 Å². The molecule has 0 saturated carbocycles. The van der Waals surface area contributed by atoms with Crippen LogP contribution in [-0.4, -0.2) is 22.9 Å². The maximum Gasteiger partial charge on any atom is 0.282 e. The van der Waals surface area contributed by atoms with E-state index in [1.165, 1.54) is 11.9 Å². The second-order valence-electron chi connectivity index (χ2n) is 5.03. The number of fused-ring (bicyclic) bond motifs is 1. The van der Waals surface area contributed by atoms with E-state index in [9.17, 15) is 19.3 Å². The van der Waals surface area contributed by atoms with Gasteiger partial charge in [0, 0.05) is 30.5 Å². The normalized spacial score (nSPS) is 10.7. The molecule has 0 spiro atoms. The number of anilines is 1. The maximum atomic E-state index is 13.4. The molecule has 3 aromatic rings. The summed E-state index contributed by atoms with van der Waals surface area (Å²) in [5, 5.41) is 12.0. The standard InChI is InChI=1S/C16H12FN3O3/c1-19(12-4-2-10-6-7-18-14(10)9-12)16(21)13-8-11(17)3-5-15(13)20(22)23/h2-9,18H,1H3. The molecule has 0 radical (unpaired) electrons. The summed E-state index contributed by atoms with van der Waals surface area (Å²) in [6, 6.07) is 10.0. The second-order valence-corrected chi connectivity index (χ2v) is 5.03. The summed E-state index contributed by atoms with van der Waals surface area (Å²) >= 11 is 0. The Morgan fingerprint density at radius 2 is 2.00 bits per heavy atom. The number of aromatic nitrogens is 1. The Kier molecular flexibility index (Phi) is 3.53. The van der Waals surface area contributed by atoms with Gasteiger partial charge >= 0.3 is 0 Å². The number of rotatable bonds is 3. The van der Waals surface area contributed by atoms with Crippen LogP contribution >= 0.6 is 0 Å². The molecule has 0 aliphatic rings. The molecule has 2 aromatic carbocycles. The van der Waals surface area contributed by atoms with Gasteiger partial charge in [0.05, 0.1) is 4.92 Å². The summed E-state index contributed by atoms with van der Waals surface area (Å²) in [5.41, 5.74) is 0.660. The van der Waals surface area contributed by atoms with Crippen LogP contribution in [0.15, 0.2) is 48.7 Å². The van der Waals surface area contributed by atoms with E-state index >= 15 is 0 Å². The molecule has 0 aliphatic carbocycles. The van der Waals surface area contributed by atoms with Gasteiger partial charge in [0.1, 0.15) is 11.4 Å². The predicted molar refractivity (Wildman–Crippen MR) is 84.1 cm³/mol. The number of nitrogens with zero attached hydrogens (tertiary/aromatic N) is 2. The number of hydrogen-bond acceptors (Lipinski definition) is 3. The van der Waals surface area contributed by atoms with Crippen molar-refractivity contribution in [3.8, 4) is 0 Å². The number of carbonyl (C=O) groups excluding carboxylic acids is 1. The van der Waals surface area contributed by atoms with Gasteiger partial charge in [-0.1, -0.05) is 6.07 Å².